The van der Waals surface area contributed by atoms with Crippen molar-refractivity contribution in [3.05, 3.63) is 10.1 Å². The van der Waals surface area contributed by atoms with Gasteiger partial charge in [-0.2, -0.15) is 0 Å². The Balaban J connectivity index is 2.84. The molecule has 0 aromatic carbocycles. The first-order chi connectivity index (χ1) is 4.77. The van der Waals surface area contributed by atoms with Gasteiger partial charge in [-0.15, -0.1) is 10.1 Å². The van der Waals surface area contributed by atoms with Crippen LogP contribution in [0.2, 0.25) is 0 Å². The van der Waals surface area contributed by atoms with Crippen molar-refractivity contribution >= 4 is 0 Å². The average molecular weight is 148 g/mol. The van der Waals surface area contributed by atoms with E-state index in [-0.39, 0.29) is 6.61 Å². The molecule has 0 spiro atoms. The summed E-state index contributed by atoms with van der Waals surface area (Å²) in [6, 6.07) is 0. The van der Waals surface area contributed by atoms with E-state index in [0.717, 1.165) is 12.8 Å². The van der Waals surface area contributed by atoms with Gasteiger partial charge in [-0.1, -0.05) is 6.42 Å². The zero-order valence-electron chi connectivity index (χ0n) is 5.78. The summed E-state index contributed by atoms with van der Waals surface area (Å²) < 4.78 is 0. The summed E-state index contributed by atoms with van der Waals surface area (Å²) in [6.45, 7) is 0.825. The Morgan fingerprint density at radius 2 is 2.10 bits per heavy atom. The van der Waals surface area contributed by atoms with Gasteiger partial charge in [-0.05, 0) is 19.4 Å². The van der Waals surface area contributed by atoms with E-state index in [1.807, 2.05) is 0 Å². The fourth-order valence-corrected chi connectivity index (χ4v) is 0.562. The molecule has 0 aliphatic heterocycles. The molecule has 0 heterocycles. The summed E-state index contributed by atoms with van der Waals surface area (Å²) in [4.78, 5) is 13.7. The lowest BCUT2D eigenvalue weighted by Gasteiger charge is -1.96. The second-order valence-electron chi connectivity index (χ2n) is 1.91. The van der Waals surface area contributed by atoms with Crippen LogP contribution < -0.4 is 5.73 Å². The second-order valence-corrected chi connectivity index (χ2v) is 1.91. The molecule has 0 amide bonds. The number of hydrogen-bond donors (Lipinski definition) is 1. The van der Waals surface area contributed by atoms with Gasteiger partial charge in [0.2, 0.25) is 0 Å². The maximum Gasteiger partial charge on any atom is 0.294 e. The Morgan fingerprint density at radius 1 is 1.40 bits per heavy atom. The van der Waals surface area contributed by atoms with Crippen molar-refractivity contribution in [2.75, 3.05) is 13.2 Å². The molecule has 0 radical (unpaired) electrons. The lowest BCUT2D eigenvalue weighted by Crippen LogP contribution is -2.03. The van der Waals surface area contributed by atoms with Gasteiger partial charge >= 0.3 is 0 Å². The van der Waals surface area contributed by atoms with Crippen molar-refractivity contribution in [1.82, 2.24) is 0 Å². The molecular weight excluding hydrogens is 136 g/mol. The maximum atomic E-state index is 9.59. The Bertz CT molecular complexity index is 96.9. The number of rotatable bonds is 6. The average Bonchev–Trinajstić information content (AvgIpc) is 1.87. The van der Waals surface area contributed by atoms with E-state index in [9.17, 15) is 10.1 Å². The molecule has 10 heavy (non-hydrogen) atoms. The number of nitrogens with two attached hydrogens (primary N) is 1. The minimum Gasteiger partial charge on any atom is -0.330 e. The summed E-state index contributed by atoms with van der Waals surface area (Å²) in [6.07, 6.45) is 2.50. The molecular formula is C5H12N2O3. The largest absolute Gasteiger partial charge is 0.330 e. The molecule has 0 saturated heterocycles. The van der Waals surface area contributed by atoms with Gasteiger partial charge in [-0.25, -0.2) is 0 Å². The van der Waals surface area contributed by atoms with E-state index in [2.05, 4.69) is 4.84 Å². The Morgan fingerprint density at radius 3 is 2.60 bits per heavy atom. The molecule has 0 aromatic rings. The van der Waals surface area contributed by atoms with E-state index in [1.165, 1.54) is 0 Å². The lowest BCUT2D eigenvalue weighted by atomic mass is 10.2. The van der Waals surface area contributed by atoms with E-state index < -0.39 is 5.09 Å². The summed E-state index contributed by atoms with van der Waals surface area (Å²) in [7, 11) is 0. The second kappa shape index (κ2) is 6.28. The summed E-state index contributed by atoms with van der Waals surface area (Å²) in [5.41, 5.74) is 5.20. The summed E-state index contributed by atoms with van der Waals surface area (Å²) in [5.74, 6) is 0. The molecule has 0 saturated carbocycles. The highest BCUT2D eigenvalue weighted by atomic mass is 16.9. The fourth-order valence-electron chi connectivity index (χ4n) is 0.562. The van der Waals surface area contributed by atoms with Crippen LogP contribution in [0.1, 0.15) is 19.3 Å². The molecule has 5 nitrogen and oxygen atoms in total. The Labute approximate surface area is 59.3 Å². The van der Waals surface area contributed by atoms with E-state index in [0.29, 0.717) is 13.0 Å². The zero-order chi connectivity index (χ0) is 7.82. The third kappa shape index (κ3) is 7.16. The van der Waals surface area contributed by atoms with Gasteiger partial charge in [0.05, 0.1) is 6.61 Å². The highest BCUT2D eigenvalue weighted by molar-refractivity contribution is 4.39. The monoisotopic (exact) mass is 148 g/mol. The smallest absolute Gasteiger partial charge is 0.294 e. The van der Waals surface area contributed by atoms with E-state index >= 15 is 0 Å². The molecule has 0 rings (SSSR count). The maximum absolute atomic E-state index is 9.59. The third-order valence-corrected chi connectivity index (χ3v) is 1.05. The first-order valence-corrected chi connectivity index (χ1v) is 3.24. The van der Waals surface area contributed by atoms with Crippen LogP contribution in [0.15, 0.2) is 0 Å². The van der Waals surface area contributed by atoms with Crippen LogP contribution in [0, 0.1) is 10.1 Å². The number of unbranched alkanes of at least 4 members (excludes halogenated alkanes) is 2. The molecule has 0 aliphatic carbocycles. The van der Waals surface area contributed by atoms with Gasteiger partial charge in [0, 0.05) is 0 Å². The highest BCUT2D eigenvalue weighted by Gasteiger charge is 1.92. The normalized spacial score (nSPS) is 9.30. The molecule has 0 fully saturated rings. The van der Waals surface area contributed by atoms with Crippen molar-refractivity contribution in [2.24, 2.45) is 5.73 Å². The van der Waals surface area contributed by atoms with Crippen molar-refractivity contribution in [2.45, 2.75) is 19.3 Å². The zero-order valence-corrected chi connectivity index (χ0v) is 5.78. The van der Waals surface area contributed by atoms with Crippen LogP contribution >= 0.6 is 0 Å². The fraction of sp³-hybridized carbons (Fsp3) is 1.00. The molecule has 0 unspecified atom stereocenters. The molecule has 2 N–H and O–H groups in total. The molecule has 0 bridgehead atoms. The lowest BCUT2D eigenvalue weighted by molar-refractivity contribution is -0.757. The minimum atomic E-state index is -0.775. The molecule has 0 aromatic heterocycles. The Kier molecular flexibility index (Phi) is 5.75. The molecule has 60 valence electrons. The predicted molar refractivity (Wildman–Crippen MR) is 35.9 cm³/mol. The van der Waals surface area contributed by atoms with Gasteiger partial charge in [-0.3, -0.25) is 0 Å². The minimum absolute atomic E-state index is 0.188. The first-order valence-electron chi connectivity index (χ1n) is 3.24. The van der Waals surface area contributed by atoms with Gasteiger partial charge in [0.25, 0.3) is 5.09 Å². The third-order valence-electron chi connectivity index (χ3n) is 1.05. The summed E-state index contributed by atoms with van der Waals surface area (Å²) in [5, 5.41) is 8.82. The van der Waals surface area contributed by atoms with Crippen LogP contribution in [0.3, 0.4) is 0 Å². The van der Waals surface area contributed by atoms with Crippen molar-refractivity contribution in [3.63, 3.8) is 0 Å². The van der Waals surface area contributed by atoms with Gasteiger partial charge < -0.3 is 10.6 Å². The van der Waals surface area contributed by atoms with Crippen LogP contribution in [0.4, 0.5) is 0 Å². The summed E-state index contributed by atoms with van der Waals surface area (Å²) >= 11 is 0. The van der Waals surface area contributed by atoms with Gasteiger partial charge in [0.15, 0.2) is 0 Å². The number of hydrogen-bond acceptors (Lipinski definition) is 4. The van der Waals surface area contributed by atoms with Crippen LogP contribution in [-0.4, -0.2) is 18.2 Å². The standard InChI is InChI=1S/C5H12N2O3/c6-4-2-1-3-5-10-7(8)9/h1-6H2. The number of nitrogens with zero attached hydrogens (tertiary/aromatic N) is 1. The molecule has 5 heteroatoms. The van der Waals surface area contributed by atoms with Crippen molar-refractivity contribution in [3.8, 4) is 0 Å². The SMILES string of the molecule is NCCCCCO[N+](=O)[O-]. The Hall–Kier alpha value is -0.840. The quantitative estimate of drug-likeness (QED) is 0.334. The van der Waals surface area contributed by atoms with Crippen LogP contribution in [0.5, 0.6) is 0 Å². The predicted octanol–water partition coefficient (Wildman–Crippen LogP) is 0.324. The highest BCUT2D eigenvalue weighted by Crippen LogP contribution is 1.93. The van der Waals surface area contributed by atoms with Gasteiger partial charge in [0.1, 0.15) is 0 Å². The molecule has 0 aliphatic rings. The molecule has 0 atom stereocenters. The van der Waals surface area contributed by atoms with Crippen molar-refractivity contribution in [1.29, 1.82) is 0 Å². The van der Waals surface area contributed by atoms with Crippen molar-refractivity contribution < 1.29 is 9.92 Å². The topological polar surface area (TPSA) is 78.4 Å². The first kappa shape index (κ1) is 9.16. The van der Waals surface area contributed by atoms with E-state index in [1.54, 1.807) is 0 Å². The van der Waals surface area contributed by atoms with E-state index in [4.69, 9.17) is 5.73 Å². The van der Waals surface area contributed by atoms with Crippen LogP contribution in [0.25, 0.3) is 0 Å². The van der Waals surface area contributed by atoms with Crippen LogP contribution in [-0.2, 0) is 4.84 Å².